The van der Waals surface area contributed by atoms with Crippen molar-refractivity contribution in [3.8, 4) is 17.1 Å². The molecule has 3 rings (SSSR count). The smallest absolute Gasteiger partial charge is 0.375 e. The molecule has 0 spiro atoms. The van der Waals surface area contributed by atoms with Crippen LogP contribution in [0.4, 0.5) is 4.39 Å². The molecule has 0 saturated heterocycles. The molecule has 2 aromatic carbocycles. The van der Waals surface area contributed by atoms with E-state index in [1.165, 1.54) is 37.3 Å². The van der Waals surface area contributed by atoms with Gasteiger partial charge in [-0.25, -0.2) is 9.18 Å². The number of para-hydroxylation sites is 1. The number of esters is 1. The molecule has 0 aliphatic rings. The minimum Gasteiger partial charge on any atom is -0.496 e. The molecular weight excluding hydrogens is 377 g/mol. The Bertz CT molecular complexity index is 996. The van der Waals surface area contributed by atoms with Crippen LogP contribution >= 0.6 is 0 Å². The van der Waals surface area contributed by atoms with Crippen molar-refractivity contribution >= 4 is 11.9 Å². The van der Waals surface area contributed by atoms with E-state index in [4.69, 9.17) is 13.9 Å². The van der Waals surface area contributed by atoms with Crippen LogP contribution in [0.15, 0.2) is 65.1 Å². The highest BCUT2D eigenvalue weighted by Gasteiger charge is 2.21. The Morgan fingerprint density at radius 3 is 2.52 bits per heavy atom. The summed E-state index contributed by atoms with van der Waals surface area (Å²) in [6, 6.07) is 16.0. The molecule has 6 nitrogen and oxygen atoms in total. The quantitative estimate of drug-likeness (QED) is 0.611. The fourth-order valence-electron chi connectivity index (χ4n) is 2.66. The second kappa shape index (κ2) is 9.05. The SMILES string of the molecule is COc1ccccc1CNC(=O)[C@H](C)OC(=O)c1ccc(-c2ccc(F)cc2)o1. The lowest BCUT2D eigenvalue weighted by molar-refractivity contribution is -0.129. The van der Waals surface area contributed by atoms with Crippen LogP contribution in [0.1, 0.15) is 23.0 Å². The average Bonchev–Trinajstić information content (AvgIpc) is 3.23. The third-order valence-corrected chi connectivity index (χ3v) is 4.23. The molecule has 150 valence electrons. The topological polar surface area (TPSA) is 77.8 Å². The van der Waals surface area contributed by atoms with Gasteiger partial charge in [-0.2, -0.15) is 0 Å². The van der Waals surface area contributed by atoms with Gasteiger partial charge in [-0.1, -0.05) is 18.2 Å². The molecule has 0 unspecified atom stereocenters. The Kier molecular flexibility index (Phi) is 6.29. The maximum absolute atomic E-state index is 13.0. The Labute approximate surface area is 167 Å². The number of carbonyl (C=O) groups is 2. The first-order valence-corrected chi connectivity index (χ1v) is 8.94. The molecule has 3 aromatic rings. The normalized spacial score (nSPS) is 11.6. The zero-order valence-corrected chi connectivity index (χ0v) is 16.0. The number of carbonyl (C=O) groups excluding carboxylic acids is 2. The van der Waals surface area contributed by atoms with Crippen LogP contribution in [0.25, 0.3) is 11.3 Å². The Balaban J connectivity index is 1.57. The van der Waals surface area contributed by atoms with Crippen molar-refractivity contribution in [1.29, 1.82) is 0 Å². The van der Waals surface area contributed by atoms with E-state index in [2.05, 4.69) is 5.32 Å². The second-order valence-electron chi connectivity index (χ2n) is 6.25. The molecule has 1 amide bonds. The minimum atomic E-state index is -1.02. The van der Waals surface area contributed by atoms with Crippen LogP contribution in [-0.2, 0) is 16.1 Å². The summed E-state index contributed by atoms with van der Waals surface area (Å²) in [5.74, 6) is -0.582. The summed E-state index contributed by atoms with van der Waals surface area (Å²) in [6.45, 7) is 1.71. The van der Waals surface area contributed by atoms with E-state index in [1.54, 1.807) is 19.2 Å². The molecule has 0 saturated carbocycles. The summed E-state index contributed by atoms with van der Waals surface area (Å²) < 4.78 is 28.9. The van der Waals surface area contributed by atoms with Crippen molar-refractivity contribution in [1.82, 2.24) is 5.32 Å². The Hall–Kier alpha value is -3.61. The van der Waals surface area contributed by atoms with Gasteiger partial charge in [0.1, 0.15) is 17.3 Å². The van der Waals surface area contributed by atoms with Gasteiger partial charge < -0.3 is 19.2 Å². The Morgan fingerprint density at radius 1 is 1.07 bits per heavy atom. The van der Waals surface area contributed by atoms with Crippen LogP contribution in [-0.4, -0.2) is 25.1 Å². The molecule has 0 bridgehead atoms. The van der Waals surface area contributed by atoms with E-state index < -0.39 is 18.0 Å². The highest BCUT2D eigenvalue weighted by atomic mass is 19.1. The molecule has 0 fully saturated rings. The third-order valence-electron chi connectivity index (χ3n) is 4.23. The molecule has 0 aliphatic heterocycles. The van der Waals surface area contributed by atoms with Crippen LogP contribution in [0.5, 0.6) is 5.75 Å². The van der Waals surface area contributed by atoms with Crippen LogP contribution < -0.4 is 10.1 Å². The van der Waals surface area contributed by atoms with Gasteiger partial charge in [0.25, 0.3) is 5.91 Å². The number of methoxy groups -OCH3 is 1. The third kappa shape index (κ3) is 5.01. The first-order valence-electron chi connectivity index (χ1n) is 8.94. The summed E-state index contributed by atoms with van der Waals surface area (Å²) in [5, 5.41) is 2.70. The molecule has 7 heteroatoms. The summed E-state index contributed by atoms with van der Waals surface area (Å²) in [6.07, 6.45) is -1.02. The summed E-state index contributed by atoms with van der Waals surface area (Å²) in [7, 11) is 1.55. The summed E-state index contributed by atoms with van der Waals surface area (Å²) in [5.41, 5.74) is 1.42. The van der Waals surface area contributed by atoms with Crippen molar-refractivity contribution in [2.24, 2.45) is 0 Å². The van der Waals surface area contributed by atoms with Gasteiger partial charge in [0.05, 0.1) is 7.11 Å². The molecular formula is C22H20FNO5. The van der Waals surface area contributed by atoms with E-state index in [1.807, 2.05) is 18.2 Å². The Morgan fingerprint density at radius 2 is 1.79 bits per heavy atom. The lowest BCUT2D eigenvalue weighted by Crippen LogP contribution is -2.35. The predicted octanol–water partition coefficient (Wildman–Crippen LogP) is 3.96. The number of ether oxygens (including phenoxy) is 2. The van der Waals surface area contributed by atoms with Crippen molar-refractivity contribution in [3.05, 3.63) is 77.8 Å². The van der Waals surface area contributed by atoms with Gasteiger partial charge in [0.2, 0.25) is 5.76 Å². The molecule has 1 atom stereocenters. The number of benzene rings is 2. The molecule has 0 aliphatic carbocycles. The fraction of sp³-hybridized carbons (Fsp3) is 0.182. The highest BCUT2D eigenvalue weighted by Crippen LogP contribution is 2.23. The second-order valence-corrected chi connectivity index (χ2v) is 6.25. The predicted molar refractivity (Wildman–Crippen MR) is 104 cm³/mol. The van der Waals surface area contributed by atoms with Crippen LogP contribution in [0.3, 0.4) is 0 Å². The van der Waals surface area contributed by atoms with Gasteiger partial charge in [-0.3, -0.25) is 4.79 Å². The molecule has 29 heavy (non-hydrogen) atoms. The average molecular weight is 397 g/mol. The van der Waals surface area contributed by atoms with Crippen molar-refractivity contribution in [2.45, 2.75) is 19.6 Å². The fourth-order valence-corrected chi connectivity index (χ4v) is 2.66. The van der Waals surface area contributed by atoms with E-state index in [0.717, 1.165) is 5.56 Å². The number of amides is 1. The lowest BCUT2D eigenvalue weighted by atomic mass is 10.2. The number of hydrogen-bond acceptors (Lipinski definition) is 5. The highest BCUT2D eigenvalue weighted by molar-refractivity contribution is 5.90. The van der Waals surface area contributed by atoms with Crippen molar-refractivity contribution in [2.75, 3.05) is 7.11 Å². The minimum absolute atomic E-state index is 0.0475. The van der Waals surface area contributed by atoms with Gasteiger partial charge in [-0.15, -0.1) is 0 Å². The summed E-state index contributed by atoms with van der Waals surface area (Å²) in [4.78, 5) is 24.5. The lowest BCUT2D eigenvalue weighted by Gasteiger charge is -2.14. The van der Waals surface area contributed by atoms with Gasteiger partial charge in [0, 0.05) is 17.7 Å². The molecule has 1 N–H and O–H groups in total. The molecule has 1 aromatic heterocycles. The van der Waals surface area contributed by atoms with Crippen LogP contribution in [0.2, 0.25) is 0 Å². The van der Waals surface area contributed by atoms with Crippen molar-refractivity contribution in [3.63, 3.8) is 0 Å². The van der Waals surface area contributed by atoms with Gasteiger partial charge in [-0.05, 0) is 49.4 Å². The number of hydrogen-bond donors (Lipinski definition) is 1. The molecule has 1 heterocycles. The van der Waals surface area contributed by atoms with Gasteiger partial charge in [0.15, 0.2) is 6.10 Å². The monoisotopic (exact) mass is 397 g/mol. The van der Waals surface area contributed by atoms with Crippen LogP contribution in [0, 0.1) is 5.82 Å². The number of nitrogens with one attached hydrogen (secondary N) is 1. The largest absolute Gasteiger partial charge is 0.496 e. The first-order chi connectivity index (χ1) is 14.0. The maximum Gasteiger partial charge on any atom is 0.375 e. The number of rotatable bonds is 7. The number of halogens is 1. The molecule has 0 radical (unpaired) electrons. The zero-order valence-electron chi connectivity index (χ0n) is 16.0. The van der Waals surface area contributed by atoms with E-state index >= 15 is 0 Å². The van der Waals surface area contributed by atoms with Crippen molar-refractivity contribution < 1.29 is 27.9 Å². The van der Waals surface area contributed by atoms with E-state index in [0.29, 0.717) is 17.1 Å². The number of furan rings is 1. The maximum atomic E-state index is 13.0. The zero-order chi connectivity index (χ0) is 20.8. The summed E-state index contributed by atoms with van der Waals surface area (Å²) >= 11 is 0. The first kappa shape index (κ1) is 20.1. The standard InChI is InChI=1S/C22H20FNO5/c1-14(21(25)24-13-16-5-3-4-6-18(16)27-2)28-22(26)20-12-11-19(29-20)15-7-9-17(23)10-8-15/h3-12,14H,13H2,1-2H3,(H,24,25)/t14-/m0/s1. The van der Waals surface area contributed by atoms with E-state index in [-0.39, 0.29) is 18.1 Å². The van der Waals surface area contributed by atoms with Gasteiger partial charge >= 0.3 is 5.97 Å². The van der Waals surface area contributed by atoms with E-state index in [9.17, 15) is 14.0 Å².